The normalized spacial score (nSPS) is 17.6. The summed E-state index contributed by atoms with van der Waals surface area (Å²) in [5, 5.41) is 7.83. The van der Waals surface area contributed by atoms with E-state index < -0.39 is 0 Å². The molecule has 0 spiro atoms. The predicted molar refractivity (Wildman–Crippen MR) is 59.3 cm³/mol. The second-order valence-corrected chi connectivity index (χ2v) is 3.78. The molecular weight excluding hydrogens is 206 g/mol. The minimum Gasteiger partial charge on any atom is -0.380 e. The topological polar surface area (TPSA) is 66.9 Å². The van der Waals surface area contributed by atoms with Gasteiger partial charge in [-0.1, -0.05) is 0 Å². The van der Waals surface area contributed by atoms with Gasteiger partial charge < -0.3 is 9.64 Å². The molecule has 6 nitrogen and oxygen atoms in total. The summed E-state index contributed by atoms with van der Waals surface area (Å²) < 4.78 is 5.43. The maximum atomic E-state index is 5.43. The number of aromatic nitrogens is 4. The van der Waals surface area contributed by atoms with Crippen LogP contribution in [0, 0.1) is 0 Å². The Bertz CT molecular complexity index is 475. The first-order valence-corrected chi connectivity index (χ1v) is 5.42. The monoisotopic (exact) mass is 219 g/mol. The molecule has 1 fully saturated rings. The van der Waals surface area contributed by atoms with Gasteiger partial charge in [0, 0.05) is 19.7 Å². The van der Waals surface area contributed by atoms with Gasteiger partial charge in [-0.15, -0.1) is 0 Å². The molecule has 0 aliphatic carbocycles. The van der Waals surface area contributed by atoms with E-state index in [1.165, 1.54) is 0 Å². The molecule has 1 saturated heterocycles. The van der Waals surface area contributed by atoms with Crippen LogP contribution in [-0.2, 0) is 4.74 Å². The lowest BCUT2D eigenvalue weighted by Gasteiger charge is -2.20. The van der Waals surface area contributed by atoms with E-state index in [9.17, 15) is 0 Å². The highest BCUT2D eigenvalue weighted by Crippen LogP contribution is 2.21. The number of hydrogen-bond donors (Lipinski definition) is 1. The van der Waals surface area contributed by atoms with Crippen molar-refractivity contribution in [3.63, 3.8) is 0 Å². The molecule has 0 amide bonds. The maximum Gasteiger partial charge on any atom is 0.160 e. The second kappa shape index (κ2) is 4.05. The average Bonchev–Trinajstić information content (AvgIpc) is 2.63. The molecule has 3 heterocycles. The molecule has 2 aromatic heterocycles. The molecule has 2 aromatic rings. The molecule has 1 aliphatic rings. The van der Waals surface area contributed by atoms with Crippen LogP contribution < -0.4 is 4.90 Å². The zero-order valence-electron chi connectivity index (χ0n) is 8.89. The third kappa shape index (κ3) is 1.61. The molecule has 1 aliphatic heterocycles. The summed E-state index contributed by atoms with van der Waals surface area (Å²) in [6.45, 7) is 3.42. The van der Waals surface area contributed by atoms with Gasteiger partial charge in [0.25, 0.3) is 0 Å². The summed E-state index contributed by atoms with van der Waals surface area (Å²) in [7, 11) is 0. The van der Waals surface area contributed by atoms with Crippen LogP contribution in [0.15, 0.2) is 12.5 Å². The zero-order chi connectivity index (χ0) is 10.8. The van der Waals surface area contributed by atoms with E-state index in [1.54, 1.807) is 12.5 Å². The summed E-state index contributed by atoms with van der Waals surface area (Å²) in [5.74, 6) is 0.948. The summed E-state index contributed by atoms with van der Waals surface area (Å²) >= 11 is 0. The second-order valence-electron chi connectivity index (χ2n) is 3.78. The minimum absolute atomic E-state index is 0.753. The molecule has 3 rings (SSSR count). The smallest absolute Gasteiger partial charge is 0.160 e. The predicted octanol–water partition coefficient (Wildman–Crippen LogP) is 0.580. The highest BCUT2D eigenvalue weighted by Gasteiger charge is 2.15. The van der Waals surface area contributed by atoms with Gasteiger partial charge in [-0.3, -0.25) is 5.10 Å². The Kier molecular flexibility index (Phi) is 2.41. The number of fused-ring (bicyclic) bond motifs is 1. The van der Waals surface area contributed by atoms with E-state index >= 15 is 0 Å². The number of H-pyrrole nitrogens is 1. The number of aromatic amines is 1. The Labute approximate surface area is 92.6 Å². The molecule has 84 valence electrons. The van der Waals surface area contributed by atoms with Crippen molar-refractivity contribution in [2.45, 2.75) is 6.42 Å². The fourth-order valence-corrected chi connectivity index (χ4v) is 1.96. The van der Waals surface area contributed by atoms with E-state index in [2.05, 4.69) is 25.1 Å². The lowest BCUT2D eigenvalue weighted by atomic mass is 10.3. The quantitative estimate of drug-likeness (QED) is 0.760. The standard InChI is InChI=1S/C10H13N5O/c1-2-15(3-5-16-4-1)10-8-6-13-14-9(8)11-7-12-10/h6-7H,1-5H2,(H,11,12,13,14). The van der Waals surface area contributed by atoms with Crippen LogP contribution >= 0.6 is 0 Å². The Balaban J connectivity index is 2.00. The van der Waals surface area contributed by atoms with Crippen molar-refractivity contribution < 1.29 is 4.74 Å². The number of hydrogen-bond acceptors (Lipinski definition) is 5. The summed E-state index contributed by atoms with van der Waals surface area (Å²) in [5.41, 5.74) is 0.787. The van der Waals surface area contributed by atoms with Crippen LogP contribution in [0.2, 0.25) is 0 Å². The van der Waals surface area contributed by atoms with Gasteiger partial charge in [0.05, 0.1) is 18.2 Å². The van der Waals surface area contributed by atoms with Gasteiger partial charge in [0.15, 0.2) is 5.65 Å². The highest BCUT2D eigenvalue weighted by atomic mass is 16.5. The van der Waals surface area contributed by atoms with Crippen LogP contribution in [0.1, 0.15) is 6.42 Å². The fourth-order valence-electron chi connectivity index (χ4n) is 1.96. The fraction of sp³-hybridized carbons (Fsp3) is 0.500. The Hall–Kier alpha value is -1.69. The van der Waals surface area contributed by atoms with Crippen molar-refractivity contribution in [2.75, 3.05) is 31.2 Å². The number of ether oxygens (including phenoxy) is 1. The summed E-state index contributed by atoms with van der Waals surface area (Å²) in [6, 6.07) is 0. The maximum absolute atomic E-state index is 5.43. The largest absolute Gasteiger partial charge is 0.380 e. The molecule has 0 bridgehead atoms. The van der Waals surface area contributed by atoms with Crippen LogP contribution in [0.4, 0.5) is 5.82 Å². The van der Waals surface area contributed by atoms with Gasteiger partial charge in [0.1, 0.15) is 12.1 Å². The third-order valence-electron chi connectivity index (χ3n) is 2.75. The molecule has 0 unspecified atom stereocenters. The van der Waals surface area contributed by atoms with Gasteiger partial charge >= 0.3 is 0 Å². The Morgan fingerprint density at radius 3 is 3.25 bits per heavy atom. The molecule has 16 heavy (non-hydrogen) atoms. The summed E-state index contributed by atoms with van der Waals surface area (Å²) in [4.78, 5) is 10.7. The zero-order valence-corrected chi connectivity index (χ0v) is 8.89. The van der Waals surface area contributed by atoms with Gasteiger partial charge in [-0.25, -0.2) is 9.97 Å². The SMILES string of the molecule is c1nc(N2CCCOCC2)c2cn[nH]c2n1. The van der Waals surface area contributed by atoms with Gasteiger partial charge in [-0.05, 0) is 6.42 Å². The Morgan fingerprint density at radius 2 is 2.25 bits per heavy atom. The number of rotatable bonds is 1. The molecule has 0 aromatic carbocycles. The van der Waals surface area contributed by atoms with Gasteiger partial charge in [0.2, 0.25) is 0 Å². The van der Waals surface area contributed by atoms with Crippen LogP contribution in [0.5, 0.6) is 0 Å². The van der Waals surface area contributed by atoms with E-state index in [0.29, 0.717) is 0 Å². The van der Waals surface area contributed by atoms with E-state index in [4.69, 9.17) is 4.74 Å². The highest BCUT2D eigenvalue weighted by molar-refractivity contribution is 5.86. The molecule has 0 atom stereocenters. The van der Waals surface area contributed by atoms with Crippen LogP contribution in [-0.4, -0.2) is 46.5 Å². The van der Waals surface area contributed by atoms with Gasteiger partial charge in [-0.2, -0.15) is 5.10 Å². The van der Waals surface area contributed by atoms with Crippen LogP contribution in [0.25, 0.3) is 11.0 Å². The average molecular weight is 219 g/mol. The van der Waals surface area contributed by atoms with Crippen molar-refractivity contribution in [2.24, 2.45) is 0 Å². The minimum atomic E-state index is 0.753. The lowest BCUT2D eigenvalue weighted by molar-refractivity contribution is 0.152. The van der Waals surface area contributed by atoms with Crippen molar-refractivity contribution in [1.82, 2.24) is 20.2 Å². The Morgan fingerprint density at radius 1 is 1.25 bits per heavy atom. The molecule has 1 N–H and O–H groups in total. The molecule has 0 saturated carbocycles. The lowest BCUT2D eigenvalue weighted by Crippen LogP contribution is -2.26. The van der Waals surface area contributed by atoms with Crippen LogP contribution in [0.3, 0.4) is 0 Å². The van der Waals surface area contributed by atoms with Crippen molar-refractivity contribution in [3.05, 3.63) is 12.5 Å². The van der Waals surface area contributed by atoms with E-state index in [-0.39, 0.29) is 0 Å². The summed E-state index contributed by atoms with van der Waals surface area (Å²) in [6.07, 6.45) is 4.38. The van der Waals surface area contributed by atoms with Crippen molar-refractivity contribution in [1.29, 1.82) is 0 Å². The van der Waals surface area contributed by atoms with E-state index in [1.807, 2.05) is 0 Å². The number of nitrogens with one attached hydrogen (secondary N) is 1. The number of anilines is 1. The molecule has 0 radical (unpaired) electrons. The van der Waals surface area contributed by atoms with E-state index in [0.717, 1.165) is 49.6 Å². The third-order valence-corrected chi connectivity index (χ3v) is 2.75. The first kappa shape index (κ1) is 9.53. The first-order chi connectivity index (χ1) is 7.95. The number of nitrogens with zero attached hydrogens (tertiary/aromatic N) is 4. The van der Waals surface area contributed by atoms with Crippen molar-refractivity contribution in [3.8, 4) is 0 Å². The molecular formula is C10H13N5O. The van der Waals surface area contributed by atoms with Crippen molar-refractivity contribution >= 4 is 16.9 Å². The molecule has 6 heteroatoms. The first-order valence-electron chi connectivity index (χ1n) is 5.42.